The lowest BCUT2D eigenvalue weighted by Crippen LogP contribution is -2.28. The van der Waals surface area contributed by atoms with Crippen LogP contribution in [0.3, 0.4) is 0 Å². The molecule has 100 valence electrons. The fourth-order valence-corrected chi connectivity index (χ4v) is 5.68. The van der Waals surface area contributed by atoms with E-state index in [0.717, 1.165) is 13.0 Å². The SMILES string of the molecule is N#Cc1cccnc1OCC1CC2(CN1)SCCS2. The van der Waals surface area contributed by atoms with Crippen molar-refractivity contribution < 1.29 is 4.74 Å². The van der Waals surface area contributed by atoms with Crippen molar-refractivity contribution >= 4 is 23.5 Å². The Hall–Kier alpha value is -0.900. The summed E-state index contributed by atoms with van der Waals surface area (Å²) in [5.74, 6) is 2.94. The molecular weight excluding hydrogens is 278 g/mol. The van der Waals surface area contributed by atoms with Gasteiger partial charge in [0.1, 0.15) is 18.2 Å². The molecule has 0 radical (unpaired) electrons. The summed E-state index contributed by atoms with van der Waals surface area (Å²) in [6.07, 6.45) is 2.78. The third kappa shape index (κ3) is 2.83. The molecule has 1 atom stereocenters. The molecular formula is C13H15N3OS2. The van der Waals surface area contributed by atoms with Crippen LogP contribution in [0.1, 0.15) is 12.0 Å². The van der Waals surface area contributed by atoms with Crippen molar-refractivity contribution in [1.29, 1.82) is 5.26 Å². The first-order valence-electron chi connectivity index (χ1n) is 6.30. The van der Waals surface area contributed by atoms with Gasteiger partial charge in [-0.1, -0.05) is 0 Å². The maximum atomic E-state index is 8.99. The Morgan fingerprint density at radius 3 is 3.16 bits per heavy atom. The van der Waals surface area contributed by atoms with Gasteiger partial charge in [-0.2, -0.15) is 5.26 Å². The van der Waals surface area contributed by atoms with Crippen LogP contribution in [0.5, 0.6) is 5.88 Å². The van der Waals surface area contributed by atoms with Gasteiger partial charge in [-0.05, 0) is 18.6 Å². The van der Waals surface area contributed by atoms with Gasteiger partial charge in [0.25, 0.3) is 0 Å². The number of nitrogens with one attached hydrogen (secondary N) is 1. The van der Waals surface area contributed by atoms with Crippen LogP contribution in [0.25, 0.3) is 0 Å². The van der Waals surface area contributed by atoms with E-state index in [0.29, 0.717) is 28.2 Å². The summed E-state index contributed by atoms with van der Waals surface area (Å²) >= 11 is 4.12. The van der Waals surface area contributed by atoms with Crippen LogP contribution < -0.4 is 10.1 Å². The molecule has 0 aromatic carbocycles. The van der Waals surface area contributed by atoms with E-state index in [1.54, 1.807) is 18.3 Å². The van der Waals surface area contributed by atoms with Gasteiger partial charge in [-0.25, -0.2) is 4.98 Å². The van der Waals surface area contributed by atoms with E-state index in [1.165, 1.54) is 11.5 Å². The van der Waals surface area contributed by atoms with Gasteiger partial charge in [0, 0.05) is 30.3 Å². The standard InChI is InChI=1S/C13H15N3OS2/c14-7-10-2-1-3-15-12(10)17-8-11-6-13(9-16-11)18-4-5-19-13/h1-3,11,16H,4-6,8-9H2. The molecule has 0 bridgehead atoms. The topological polar surface area (TPSA) is 57.9 Å². The molecule has 1 unspecified atom stereocenters. The second-order valence-electron chi connectivity index (χ2n) is 4.67. The highest BCUT2D eigenvalue weighted by atomic mass is 32.2. The van der Waals surface area contributed by atoms with E-state index >= 15 is 0 Å². The highest BCUT2D eigenvalue weighted by Gasteiger charge is 2.42. The normalized spacial score (nSPS) is 24.5. The summed E-state index contributed by atoms with van der Waals surface area (Å²) in [6, 6.07) is 5.94. The van der Waals surface area contributed by atoms with Crippen LogP contribution in [-0.2, 0) is 0 Å². The van der Waals surface area contributed by atoms with E-state index in [1.807, 2.05) is 0 Å². The van der Waals surface area contributed by atoms with E-state index in [-0.39, 0.29) is 0 Å². The minimum absolute atomic E-state index is 0.353. The Bertz CT molecular complexity index is 497. The third-order valence-corrected chi connectivity index (χ3v) is 6.80. The molecule has 1 aromatic rings. The van der Waals surface area contributed by atoms with Crippen LogP contribution in [0.4, 0.5) is 0 Å². The van der Waals surface area contributed by atoms with Gasteiger partial charge >= 0.3 is 0 Å². The monoisotopic (exact) mass is 293 g/mol. The smallest absolute Gasteiger partial charge is 0.231 e. The summed E-state index contributed by atoms with van der Waals surface area (Å²) in [6.45, 7) is 1.62. The number of nitriles is 1. The van der Waals surface area contributed by atoms with Crippen molar-refractivity contribution in [3.8, 4) is 11.9 Å². The second kappa shape index (κ2) is 5.61. The number of pyridine rings is 1. The number of aromatic nitrogens is 1. The van der Waals surface area contributed by atoms with Crippen LogP contribution in [0, 0.1) is 11.3 Å². The fraction of sp³-hybridized carbons (Fsp3) is 0.538. The number of hydrogen-bond donors (Lipinski definition) is 1. The van der Waals surface area contributed by atoms with Gasteiger partial charge in [-0.3, -0.25) is 0 Å². The van der Waals surface area contributed by atoms with Gasteiger partial charge in [0.05, 0.1) is 4.08 Å². The largest absolute Gasteiger partial charge is 0.475 e. The minimum Gasteiger partial charge on any atom is -0.475 e. The molecule has 4 nitrogen and oxygen atoms in total. The lowest BCUT2D eigenvalue weighted by molar-refractivity contribution is 0.266. The maximum absolute atomic E-state index is 8.99. The molecule has 3 rings (SSSR count). The molecule has 1 spiro atoms. The molecule has 6 heteroatoms. The van der Waals surface area contributed by atoms with E-state index in [4.69, 9.17) is 10.00 Å². The lowest BCUT2D eigenvalue weighted by Gasteiger charge is -2.19. The molecule has 2 saturated heterocycles. The number of thioether (sulfide) groups is 2. The number of rotatable bonds is 3. The molecule has 2 fully saturated rings. The van der Waals surface area contributed by atoms with Crippen molar-refractivity contribution in [2.75, 3.05) is 24.7 Å². The third-order valence-electron chi connectivity index (χ3n) is 3.34. The molecule has 1 N–H and O–H groups in total. The zero-order chi connectivity index (χ0) is 13.1. The maximum Gasteiger partial charge on any atom is 0.231 e. The zero-order valence-electron chi connectivity index (χ0n) is 10.5. The summed E-state index contributed by atoms with van der Waals surface area (Å²) in [4.78, 5) is 4.12. The fourth-order valence-electron chi connectivity index (χ4n) is 2.42. The number of nitrogens with zero attached hydrogens (tertiary/aromatic N) is 2. The Morgan fingerprint density at radius 2 is 2.37 bits per heavy atom. The molecule has 2 aliphatic rings. The Morgan fingerprint density at radius 1 is 1.53 bits per heavy atom. The first kappa shape index (κ1) is 13.1. The number of hydrogen-bond acceptors (Lipinski definition) is 6. The van der Waals surface area contributed by atoms with Gasteiger partial charge in [0.2, 0.25) is 5.88 Å². The quantitative estimate of drug-likeness (QED) is 0.918. The molecule has 1 aromatic heterocycles. The molecule has 2 aliphatic heterocycles. The lowest BCUT2D eigenvalue weighted by atomic mass is 10.2. The van der Waals surface area contributed by atoms with Crippen molar-refractivity contribution in [2.45, 2.75) is 16.5 Å². The Balaban J connectivity index is 1.57. The summed E-state index contributed by atoms with van der Waals surface area (Å²) < 4.78 is 6.06. The second-order valence-corrected chi connectivity index (χ2v) is 7.88. The summed E-state index contributed by atoms with van der Waals surface area (Å²) in [7, 11) is 0. The van der Waals surface area contributed by atoms with Gasteiger partial charge in [0.15, 0.2) is 0 Å². The van der Waals surface area contributed by atoms with E-state index in [2.05, 4.69) is 39.9 Å². The number of ether oxygens (including phenoxy) is 1. The molecule has 3 heterocycles. The zero-order valence-corrected chi connectivity index (χ0v) is 12.1. The van der Waals surface area contributed by atoms with Crippen LogP contribution >= 0.6 is 23.5 Å². The Labute approximate surface area is 121 Å². The van der Waals surface area contributed by atoms with E-state index < -0.39 is 0 Å². The predicted octanol–water partition coefficient (Wildman–Crippen LogP) is 1.87. The minimum atomic E-state index is 0.353. The highest BCUT2D eigenvalue weighted by Crippen LogP contribution is 2.49. The van der Waals surface area contributed by atoms with Crippen LogP contribution in [0.15, 0.2) is 18.3 Å². The average Bonchev–Trinajstić information content (AvgIpc) is 3.07. The van der Waals surface area contributed by atoms with Crippen molar-refractivity contribution in [3.05, 3.63) is 23.9 Å². The molecule has 0 aliphatic carbocycles. The first-order valence-corrected chi connectivity index (χ1v) is 8.28. The van der Waals surface area contributed by atoms with Crippen molar-refractivity contribution in [3.63, 3.8) is 0 Å². The van der Waals surface area contributed by atoms with Crippen LogP contribution in [-0.4, -0.2) is 39.8 Å². The summed E-state index contributed by atoms with van der Waals surface area (Å²) in [5, 5.41) is 12.5. The molecule has 0 saturated carbocycles. The Kier molecular flexibility index (Phi) is 3.87. The van der Waals surface area contributed by atoms with Gasteiger partial charge in [-0.15, -0.1) is 23.5 Å². The van der Waals surface area contributed by atoms with Crippen LogP contribution in [0.2, 0.25) is 0 Å². The van der Waals surface area contributed by atoms with Crippen molar-refractivity contribution in [1.82, 2.24) is 10.3 Å². The molecule has 19 heavy (non-hydrogen) atoms. The first-order chi connectivity index (χ1) is 9.31. The highest BCUT2D eigenvalue weighted by molar-refractivity contribution is 8.21. The summed E-state index contributed by atoms with van der Waals surface area (Å²) in [5.41, 5.74) is 0.500. The average molecular weight is 293 g/mol. The van der Waals surface area contributed by atoms with E-state index in [9.17, 15) is 0 Å². The van der Waals surface area contributed by atoms with Gasteiger partial charge < -0.3 is 10.1 Å². The van der Waals surface area contributed by atoms with Crippen molar-refractivity contribution in [2.24, 2.45) is 0 Å². The predicted molar refractivity (Wildman–Crippen MR) is 78.5 cm³/mol. The molecule has 0 amide bonds.